The van der Waals surface area contributed by atoms with Gasteiger partial charge in [0.05, 0.1) is 0 Å². The van der Waals surface area contributed by atoms with E-state index in [2.05, 4.69) is 36.1 Å². The first-order chi connectivity index (χ1) is 6.27. The molecule has 0 saturated carbocycles. The zero-order valence-corrected chi connectivity index (χ0v) is 7.88. The number of nitrogens with one attached hydrogen (secondary N) is 1. The Morgan fingerprint density at radius 3 is 2.46 bits per heavy atom. The molecule has 0 radical (unpaired) electrons. The van der Waals surface area contributed by atoms with Crippen LogP contribution in [0.5, 0.6) is 0 Å². The Hall–Kier alpha value is -1.31. The molecular formula is C11H14N2. The van der Waals surface area contributed by atoms with Crippen LogP contribution in [0.4, 0.5) is 5.69 Å². The Bertz CT molecular complexity index is 313. The topological polar surface area (TPSA) is 27.1 Å². The van der Waals surface area contributed by atoms with Gasteiger partial charge in [0.15, 0.2) is 0 Å². The molecule has 2 rings (SSSR count). The quantitative estimate of drug-likeness (QED) is 0.696. The van der Waals surface area contributed by atoms with Gasteiger partial charge < -0.3 is 4.90 Å². The Morgan fingerprint density at radius 1 is 1.23 bits per heavy atom. The highest BCUT2D eigenvalue weighted by Gasteiger charge is 2.17. The molecular weight excluding hydrogens is 160 g/mol. The number of amidine groups is 1. The van der Waals surface area contributed by atoms with E-state index in [1.165, 1.54) is 5.56 Å². The predicted octanol–water partition coefficient (Wildman–Crippen LogP) is 2.57. The van der Waals surface area contributed by atoms with Crippen LogP contribution in [0.2, 0.25) is 0 Å². The van der Waals surface area contributed by atoms with E-state index in [1.54, 1.807) is 0 Å². The van der Waals surface area contributed by atoms with E-state index in [-0.39, 0.29) is 0 Å². The fourth-order valence-corrected chi connectivity index (χ4v) is 1.68. The van der Waals surface area contributed by atoms with Crippen molar-refractivity contribution in [1.29, 1.82) is 5.41 Å². The molecule has 0 bridgehead atoms. The minimum Gasteiger partial charge on any atom is -0.330 e. The van der Waals surface area contributed by atoms with Gasteiger partial charge in [0, 0.05) is 18.7 Å². The van der Waals surface area contributed by atoms with Gasteiger partial charge in [0.1, 0.15) is 5.84 Å². The molecule has 2 nitrogen and oxygen atoms in total. The monoisotopic (exact) mass is 174 g/mol. The molecule has 1 aromatic rings. The van der Waals surface area contributed by atoms with Gasteiger partial charge in [-0.2, -0.15) is 0 Å². The summed E-state index contributed by atoms with van der Waals surface area (Å²) in [6.45, 7) is 3.08. The molecule has 0 atom stereocenters. The summed E-state index contributed by atoms with van der Waals surface area (Å²) in [6.07, 6.45) is 2.04. The van der Waals surface area contributed by atoms with Crippen molar-refractivity contribution in [3.8, 4) is 0 Å². The summed E-state index contributed by atoms with van der Waals surface area (Å²) in [4.78, 5) is 2.08. The van der Waals surface area contributed by atoms with Crippen molar-refractivity contribution < 1.29 is 0 Å². The second-order valence-corrected chi connectivity index (χ2v) is 3.54. The van der Waals surface area contributed by atoms with Crippen molar-refractivity contribution in [2.75, 3.05) is 11.4 Å². The van der Waals surface area contributed by atoms with Crippen molar-refractivity contribution in [1.82, 2.24) is 0 Å². The Kier molecular flexibility index (Phi) is 2.05. The van der Waals surface area contributed by atoms with Crippen LogP contribution in [0, 0.1) is 12.3 Å². The lowest BCUT2D eigenvalue weighted by atomic mass is 10.2. The molecule has 1 N–H and O–H groups in total. The minimum atomic E-state index is 0.754. The van der Waals surface area contributed by atoms with Crippen LogP contribution in [-0.4, -0.2) is 12.4 Å². The molecule has 2 heteroatoms. The van der Waals surface area contributed by atoms with E-state index in [0.29, 0.717) is 0 Å². The highest BCUT2D eigenvalue weighted by Crippen LogP contribution is 2.21. The van der Waals surface area contributed by atoms with Gasteiger partial charge in [0.25, 0.3) is 0 Å². The summed E-state index contributed by atoms with van der Waals surface area (Å²) >= 11 is 0. The molecule has 1 aliphatic rings. The second kappa shape index (κ2) is 3.21. The van der Waals surface area contributed by atoms with Gasteiger partial charge in [-0.15, -0.1) is 0 Å². The average Bonchev–Trinajstić information content (AvgIpc) is 2.53. The van der Waals surface area contributed by atoms with Crippen LogP contribution in [-0.2, 0) is 0 Å². The molecule has 68 valence electrons. The number of anilines is 1. The summed E-state index contributed by atoms with van der Waals surface area (Å²) in [7, 11) is 0. The lowest BCUT2D eigenvalue weighted by Gasteiger charge is -2.17. The summed E-state index contributed by atoms with van der Waals surface area (Å²) in [5.74, 6) is 0.754. The fraction of sp³-hybridized carbons (Fsp3) is 0.364. The van der Waals surface area contributed by atoms with Gasteiger partial charge in [-0.25, -0.2) is 0 Å². The number of hydrogen-bond acceptors (Lipinski definition) is 1. The van der Waals surface area contributed by atoms with Crippen molar-refractivity contribution in [2.24, 2.45) is 0 Å². The van der Waals surface area contributed by atoms with Gasteiger partial charge in [0.2, 0.25) is 0 Å². The van der Waals surface area contributed by atoms with Crippen LogP contribution in [0.25, 0.3) is 0 Å². The van der Waals surface area contributed by atoms with E-state index in [4.69, 9.17) is 5.41 Å². The Labute approximate surface area is 78.7 Å². The molecule has 0 amide bonds. The lowest BCUT2D eigenvalue weighted by molar-refractivity contribution is 0.956. The molecule has 1 saturated heterocycles. The first-order valence-electron chi connectivity index (χ1n) is 4.69. The first kappa shape index (κ1) is 8.30. The van der Waals surface area contributed by atoms with Crippen LogP contribution in [0.15, 0.2) is 24.3 Å². The third-order valence-electron chi connectivity index (χ3n) is 2.47. The number of rotatable bonds is 1. The van der Waals surface area contributed by atoms with E-state index in [9.17, 15) is 0 Å². The molecule has 1 aliphatic heterocycles. The van der Waals surface area contributed by atoms with Crippen LogP contribution in [0.3, 0.4) is 0 Å². The average molecular weight is 174 g/mol. The van der Waals surface area contributed by atoms with E-state index < -0.39 is 0 Å². The van der Waals surface area contributed by atoms with E-state index in [0.717, 1.165) is 30.9 Å². The summed E-state index contributed by atoms with van der Waals surface area (Å²) in [5, 5.41) is 7.72. The van der Waals surface area contributed by atoms with Crippen molar-refractivity contribution >= 4 is 11.5 Å². The summed E-state index contributed by atoms with van der Waals surface area (Å²) in [5.41, 5.74) is 2.43. The molecule has 0 unspecified atom stereocenters. The van der Waals surface area contributed by atoms with Crippen LogP contribution < -0.4 is 4.90 Å². The summed E-state index contributed by atoms with van der Waals surface area (Å²) < 4.78 is 0. The maximum Gasteiger partial charge on any atom is 0.100 e. The SMILES string of the molecule is Cc1ccc(N2CCCC2=N)cc1. The third-order valence-corrected chi connectivity index (χ3v) is 2.47. The molecule has 0 spiro atoms. The molecule has 0 aromatic heterocycles. The maximum absolute atomic E-state index is 7.72. The van der Waals surface area contributed by atoms with E-state index >= 15 is 0 Å². The van der Waals surface area contributed by atoms with Gasteiger partial charge in [-0.05, 0) is 25.5 Å². The summed E-state index contributed by atoms with van der Waals surface area (Å²) in [6, 6.07) is 8.38. The minimum absolute atomic E-state index is 0.754. The standard InChI is InChI=1S/C11H14N2/c1-9-4-6-10(7-5-9)13-8-2-3-11(13)12/h4-7,12H,2-3,8H2,1H3. The smallest absolute Gasteiger partial charge is 0.100 e. The number of hydrogen-bond donors (Lipinski definition) is 1. The van der Waals surface area contributed by atoms with Crippen LogP contribution >= 0.6 is 0 Å². The van der Waals surface area contributed by atoms with E-state index in [1.807, 2.05) is 0 Å². The van der Waals surface area contributed by atoms with Crippen molar-refractivity contribution in [3.05, 3.63) is 29.8 Å². The molecule has 0 aliphatic carbocycles. The highest BCUT2D eigenvalue weighted by atomic mass is 15.2. The first-order valence-corrected chi connectivity index (χ1v) is 4.69. The molecule has 1 fully saturated rings. The maximum atomic E-state index is 7.72. The zero-order valence-electron chi connectivity index (χ0n) is 7.88. The molecule has 1 heterocycles. The molecule has 13 heavy (non-hydrogen) atoms. The number of aryl methyl sites for hydroxylation is 1. The highest BCUT2D eigenvalue weighted by molar-refractivity contribution is 5.97. The van der Waals surface area contributed by atoms with Gasteiger partial charge in [-0.1, -0.05) is 17.7 Å². The fourth-order valence-electron chi connectivity index (χ4n) is 1.68. The normalized spacial score (nSPS) is 16.7. The Balaban J connectivity index is 2.25. The molecule has 1 aromatic carbocycles. The predicted molar refractivity (Wildman–Crippen MR) is 55.5 cm³/mol. The van der Waals surface area contributed by atoms with Gasteiger partial charge in [-0.3, -0.25) is 5.41 Å². The van der Waals surface area contributed by atoms with Crippen LogP contribution in [0.1, 0.15) is 18.4 Å². The number of nitrogens with zero attached hydrogens (tertiary/aromatic N) is 1. The largest absolute Gasteiger partial charge is 0.330 e. The lowest BCUT2D eigenvalue weighted by Crippen LogP contribution is -2.22. The Morgan fingerprint density at radius 2 is 1.92 bits per heavy atom. The van der Waals surface area contributed by atoms with Crippen molar-refractivity contribution in [2.45, 2.75) is 19.8 Å². The third kappa shape index (κ3) is 1.57. The van der Waals surface area contributed by atoms with Gasteiger partial charge >= 0.3 is 0 Å². The number of benzene rings is 1. The van der Waals surface area contributed by atoms with Crippen molar-refractivity contribution in [3.63, 3.8) is 0 Å². The second-order valence-electron chi connectivity index (χ2n) is 3.54. The zero-order chi connectivity index (χ0) is 9.26.